The fourth-order valence-electron chi connectivity index (χ4n) is 2.20. The summed E-state index contributed by atoms with van der Waals surface area (Å²) in [5, 5.41) is 8.59. The highest BCUT2D eigenvalue weighted by atomic mass is 35.5. The molecule has 0 aliphatic carbocycles. The topological polar surface area (TPSA) is 39.1 Å². The van der Waals surface area contributed by atoms with E-state index in [1.54, 1.807) is 13.3 Å². The Bertz CT molecular complexity index is 390. The van der Waals surface area contributed by atoms with Crippen LogP contribution in [0.25, 0.3) is 0 Å². The minimum Gasteiger partial charge on any atom is -0.379 e. The summed E-state index contributed by atoms with van der Waals surface area (Å²) in [6.45, 7) is 10.2. The van der Waals surface area contributed by atoms with Crippen LogP contribution in [-0.4, -0.2) is 29.0 Å². The van der Waals surface area contributed by atoms with Gasteiger partial charge in [-0.25, -0.2) is 0 Å². The van der Waals surface area contributed by atoms with E-state index < -0.39 is 0 Å². The lowest BCUT2D eigenvalue weighted by Crippen LogP contribution is -2.33. The van der Waals surface area contributed by atoms with Gasteiger partial charge < -0.3 is 10.1 Å². The van der Waals surface area contributed by atoms with E-state index in [4.69, 9.17) is 16.3 Å². The number of nitrogens with one attached hydrogen (secondary N) is 1. The minimum absolute atomic E-state index is 0.154. The van der Waals surface area contributed by atoms with Gasteiger partial charge in [-0.05, 0) is 33.2 Å². The lowest BCUT2D eigenvalue weighted by Gasteiger charge is -2.29. The van der Waals surface area contributed by atoms with Crippen LogP contribution >= 0.6 is 11.6 Å². The molecule has 0 bridgehead atoms. The first-order valence-electron chi connectivity index (χ1n) is 6.94. The van der Waals surface area contributed by atoms with Crippen LogP contribution in [0.1, 0.15) is 52.3 Å². The quantitative estimate of drug-likeness (QED) is 0.796. The van der Waals surface area contributed by atoms with E-state index in [0.717, 1.165) is 36.6 Å². The predicted octanol–water partition coefficient (Wildman–Crippen LogP) is 3.41. The third-order valence-corrected chi connectivity index (χ3v) is 3.59. The predicted molar refractivity (Wildman–Crippen MR) is 79.7 cm³/mol. The second-order valence-electron chi connectivity index (χ2n) is 5.38. The Morgan fingerprint density at radius 2 is 2.16 bits per heavy atom. The third kappa shape index (κ3) is 4.48. The first-order valence-corrected chi connectivity index (χ1v) is 7.32. The van der Waals surface area contributed by atoms with Crippen molar-refractivity contribution in [2.45, 2.75) is 58.7 Å². The molecule has 0 aliphatic heterocycles. The van der Waals surface area contributed by atoms with Crippen molar-refractivity contribution >= 4 is 11.6 Å². The van der Waals surface area contributed by atoms with Crippen LogP contribution in [0.3, 0.4) is 0 Å². The summed E-state index contributed by atoms with van der Waals surface area (Å²) >= 11 is 6.32. The van der Waals surface area contributed by atoms with Crippen LogP contribution in [0.4, 0.5) is 0 Å². The number of methoxy groups -OCH3 is 1. The molecule has 1 atom stereocenters. The van der Waals surface area contributed by atoms with Crippen molar-refractivity contribution in [3.8, 4) is 0 Å². The van der Waals surface area contributed by atoms with Crippen LogP contribution in [0.15, 0.2) is 6.20 Å². The Morgan fingerprint density at radius 1 is 1.47 bits per heavy atom. The van der Waals surface area contributed by atoms with Gasteiger partial charge in [0.25, 0.3) is 0 Å². The van der Waals surface area contributed by atoms with Crippen molar-refractivity contribution in [2.24, 2.45) is 0 Å². The summed E-state index contributed by atoms with van der Waals surface area (Å²) in [5.41, 5.74) is 0.868. The van der Waals surface area contributed by atoms with Gasteiger partial charge in [-0.2, -0.15) is 5.10 Å². The van der Waals surface area contributed by atoms with Gasteiger partial charge >= 0.3 is 0 Å². The number of ether oxygens (including phenoxy) is 1. The average Bonchev–Trinajstić information content (AvgIpc) is 2.70. The molecule has 1 unspecified atom stereocenters. The molecular weight excluding hydrogens is 262 g/mol. The summed E-state index contributed by atoms with van der Waals surface area (Å²) < 4.78 is 7.54. The zero-order valence-corrected chi connectivity index (χ0v) is 13.4. The largest absolute Gasteiger partial charge is 0.379 e. The molecule has 1 N–H and O–H groups in total. The molecule has 1 rings (SSSR count). The lowest BCUT2D eigenvalue weighted by atomic mass is 9.96. The molecule has 1 aromatic rings. The molecule has 0 spiro atoms. The summed E-state index contributed by atoms with van der Waals surface area (Å²) in [6.07, 6.45) is 3.63. The molecule has 5 heteroatoms. The Labute approximate surface area is 121 Å². The summed E-state index contributed by atoms with van der Waals surface area (Å²) in [5.74, 6) is 0. The number of rotatable bonds is 8. The number of halogens is 1. The average molecular weight is 288 g/mol. The Morgan fingerprint density at radius 3 is 2.68 bits per heavy atom. The molecule has 0 radical (unpaired) electrons. The normalized spacial score (nSPS) is 13.8. The molecule has 19 heavy (non-hydrogen) atoms. The maximum absolute atomic E-state index is 6.32. The first-order chi connectivity index (χ1) is 8.95. The first kappa shape index (κ1) is 16.5. The Balaban J connectivity index is 3.01. The number of nitrogens with zero attached hydrogens (tertiary/aromatic N) is 2. The molecule has 1 aromatic heterocycles. The Hall–Kier alpha value is -0.580. The molecule has 0 aliphatic rings. The van der Waals surface area contributed by atoms with Crippen molar-refractivity contribution in [1.82, 2.24) is 15.1 Å². The van der Waals surface area contributed by atoms with Gasteiger partial charge in [-0.3, -0.25) is 4.68 Å². The number of hydrogen-bond acceptors (Lipinski definition) is 3. The van der Waals surface area contributed by atoms with Crippen LogP contribution in [0, 0.1) is 0 Å². The fraction of sp³-hybridized carbons (Fsp3) is 0.786. The molecule has 0 saturated carbocycles. The molecule has 0 fully saturated rings. The van der Waals surface area contributed by atoms with E-state index in [0.29, 0.717) is 0 Å². The van der Waals surface area contributed by atoms with Gasteiger partial charge in [0.15, 0.2) is 0 Å². The summed E-state index contributed by atoms with van der Waals surface area (Å²) in [7, 11) is 1.74. The molecular formula is C14H26ClN3O. The smallest absolute Gasteiger partial charge is 0.0834 e. The second kappa shape index (κ2) is 7.27. The molecule has 0 amide bonds. The van der Waals surface area contributed by atoms with E-state index in [1.165, 1.54) is 0 Å². The SMILES string of the molecule is CCCn1ncc(Cl)c1C(CC(C)(C)OC)NCC. The molecule has 0 aromatic carbocycles. The third-order valence-electron chi connectivity index (χ3n) is 3.30. The highest BCUT2D eigenvalue weighted by Gasteiger charge is 2.27. The Kier molecular flexibility index (Phi) is 6.30. The zero-order valence-electron chi connectivity index (χ0n) is 12.7. The summed E-state index contributed by atoms with van der Waals surface area (Å²) in [6, 6.07) is 0.154. The van der Waals surface area contributed by atoms with Crippen LogP contribution in [0.5, 0.6) is 0 Å². The number of aromatic nitrogens is 2. The monoisotopic (exact) mass is 287 g/mol. The van der Waals surface area contributed by atoms with E-state index in [2.05, 4.69) is 38.1 Å². The van der Waals surface area contributed by atoms with Crippen LogP contribution < -0.4 is 5.32 Å². The van der Waals surface area contributed by atoms with E-state index in [-0.39, 0.29) is 11.6 Å². The number of hydrogen-bond donors (Lipinski definition) is 1. The van der Waals surface area contributed by atoms with Crippen molar-refractivity contribution in [3.05, 3.63) is 16.9 Å². The number of aryl methyl sites for hydroxylation is 1. The zero-order chi connectivity index (χ0) is 14.5. The molecule has 4 nitrogen and oxygen atoms in total. The van der Waals surface area contributed by atoms with Crippen molar-refractivity contribution in [3.63, 3.8) is 0 Å². The van der Waals surface area contributed by atoms with Crippen molar-refractivity contribution in [2.75, 3.05) is 13.7 Å². The fourth-order valence-corrected chi connectivity index (χ4v) is 2.47. The standard InChI is InChI=1S/C14H26ClN3O/c1-6-8-18-13(11(15)10-17-18)12(16-7-2)9-14(3,4)19-5/h10,12,16H,6-9H2,1-5H3. The van der Waals surface area contributed by atoms with E-state index in [9.17, 15) is 0 Å². The van der Waals surface area contributed by atoms with Gasteiger partial charge in [0.2, 0.25) is 0 Å². The molecule has 110 valence electrons. The van der Waals surface area contributed by atoms with E-state index in [1.807, 2.05) is 4.68 Å². The minimum atomic E-state index is -0.197. The van der Waals surface area contributed by atoms with Crippen molar-refractivity contribution < 1.29 is 4.74 Å². The van der Waals surface area contributed by atoms with Crippen LogP contribution in [-0.2, 0) is 11.3 Å². The van der Waals surface area contributed by atoms with Crippen molar-refractivity contribution in [1.29, 1.82) is 0 Å². The highest BCUT2D eigenvalue weighted by Crippen LogP contribution is 2.30. The van der Waals surface area contributed by atoms with Gasteiger partial charge in [0.1, 0.15) is 0 Å². The second-order valence-corrected chi connectivity index (χ2v) is 5.79. The summed E-state index contributed by atoms with van der Waals surface area (Å²) in [4.78, 5) is 0. The van der Waals surface area contributed by atoms with Gasteiger partial charge in [0.05, 0.1) is 28.6 Å². The van der Waals surface area contributed by atoms with E-state index >= 15 is 0 Å². The maximum Gasteiger partial charge on any atom is 0.0834 e. The van der Waals surface area contributed by atoms with Gasteiger partial charge in [-0.15, -0.1) is 0 Å². The molecule has 1 heterocycles. The molecule has 0 saturated heterocycles. The van der Waals surface area contributed by atoms with Gasteiger partial charge in [0, 0.05) is 13.7 Å². The van der Waals surface area contributed by atoms with Gasteiger partial charge in [-0.1, -0.05) is 25.4 Å². The maximum atomic E-state index is 6.32. The highest BCUT2D eigenvalue weighted by molar-refractivity contribution is 6.31. The lowest BCUT2D eigenvalue weighted by molar-refractivity contribution is 0.00626. The van der Waals surface area contributed by atoms with Crippen LogP contribution in [0.2, 0.25) is 5.02 Å².